The van der Waals surface area contributed by atoms with Crippen molar-refractivity contribution in [2.75, 3.05) is 6.61 Å². The largest absolute Gasteiger partial charge is 0.455 e. The Bertz CT molecular complexity index is 775. The fraction of sp³-hybridized carbons (Fsp3) is 0.750. The highest BCUT2D eigenvalue weighted by molar-refractivity contribution is 5.72. The van der Waals surface area contributed by atoms with E-state index in [0.29, 0.717) is 12.8 Å². The molecule has 2 aliphatic rings. The molecule has 1 heterocycles. The van der Waals surface area contributed by atoms with Crippen molar-refractivity contribution in [3.05, 3.63) is 36.5 Å². The molecule has 188 valence electrons. The second-order valence-electron chi connectivity index (χ2n) is 11.4. The smallest absolute Gasteiger partial charge is 0.307 e. The van der Waals surface area contributed by atoms with Crippen molar-refractivity contribution < 1.29 is 24.5 Å². The molecule has 0 saturated heterocycles. The van der Waals surface area contributed by atoms with Crippen LogP contribution in [0.1, 0.15) is 87.5 Å². The van der Waals surface area contributed by atoms with E-state index in [2.05, 4.69) is 52.0 Å². The molecule has 1 aliphatic carbocycles. The number of hydrogen-bond acceptors (Lipinski definition) is 5. The zero-order valence-electron chi connectivity index (χ0n) is 22.0. The van der Waals surface area contributed by atoms with Gasteiger partial charge in [-0.2, -0.15) is 0 Å². The molecule has 5 nitrogen and oxygen atoms in total. The maximum Gasteiger partial charge on any atom is 0.307 e. The second kappa shape index (κ2) is 10.1. The standard InChI is InChI=1S/C28H46O5/c1-9-22(20-29)27(8,31)16-12-14-24(4,5)32-23(30)19-25(6)15-11-13-21(3)28(25)18-17-26(7,10-2)33-28/h11-12,14-15,17-18,21-22,29,31H,9-10,13,16,19-20H2,1-8H3/b14-12+/t21-,22-,25+,26?,27+,28+/m1/s1. The molecule has 1 aliphatic heterocycles. The van der Waals surface area contributed by atoms with Gasteiger partial charge in [-0.05, 0) is 65.4 Å². The van der Waals surface area contributed by atoms with Crippen LogP contribution < -0.4 is 0 Å². The van der Waals surface area contributed by atoms with Crippen molar-refractivity contribution >= 4 is 5.97 Å². The third kappa shape index (κ3) is 5.98. The van der Waals surface area contributed by atoms with Gasteiger partial charge in [0, 0.05) is 17.9 Å². The number of carbonyl (C=O) groups excluding carboxylic acids is 1. The van der Waals surface area contributed by atoms with Gasteiger partial charge in [0.15, 0.2) is 0 Å². The molecule has 2 N–H and O–H groups in total. The minimum Gasteiger partial charge on any atom is -0.455 e. The third-order valence-corrected chi connectivity index (χ3v) is 7.92. The number of ether oxygens (including phenoxy) is 2. The number of aliphatic hydroxyl groups excluding tert-OH is 1. The summed E-state index contributed by atoms with van der Waals surface area (Å²) in [6.45, 7) is 15.8. The second-order valence-corrected chi connectivity index (χ2v) is 11.4. The van der Waals surface area contributed by atoms with E-state index in [1.165, 1.54) is 0 Å². The van der Waals surface area contributed by atoms with Gasteiger partial charge in [0.25, 0.3) is 0 Å². The van der Waals surface area contributed by atoms with Gasteiger partial charge in [0.2, 0.25) is 0 Å². The van der Waals surface area contributed by atoms with Gasteiger partial charge in [-0.1, -0.05) is 58.1 Å². The summed E-state index contributed by atoms with van der Waals surface area (Å²) in [7, 11) is 0. The molecule has 2 rings (SSSR count). The summed E-state index contributed by atoms with van der Waals surface area (Å²) in [6, 6.07) is 0. The molecule has 0 saturated carbocycles. The molecule has 6 atom stereocenters. The summed E-state index contributed by atoms with van der Waals surface area (Å²) < 4.78 is 12.6. The van der Waals surface area contributed by atoms with Crippen LogP contribution in [0.2, 0.25) is 0 Å². The zero-order chi connectivity index (χ0) is 25.1. The van der Waals surface area contributed by atoms with Crippen LogP contribution in [0.5, 0.6) is 0 Å². The average molecular weight is 463 g/mol. The fourth-order valence-electron chi connectivity index (χ4n) is 5.29. The number of allylic oxidation sites excluding steroid dienone is 1. The lowest BCUT2D eigenvalue weighted by Crippen LogP contribution is -2.54. The van der Waals surface area contributed by atoms with Crippen molar-refractivity contribution in [1.82, 2.24) is 0 Å². The van der Waals surface area contributed by atoms with Crippen molar-refractivity contribution in [1.29, 1.82) is 0 Å². The zero-order valence-corrected chi connectivity index (χ0v) is 22.0. The van der Waals surface area contributed by atoms with Crippen molar-refractivity contribution in [3.63, 3.8) is 0 Å². The molecule has 0 fully saturated rings. The van der Waals surface area contributed by atoms with Gasteiger partial charge in [-0.25, -0.2) is 0 Å². The van der Waals surface area contributed by atoms with Crippen LogP contribution in [0.3, 0.4) is 0 Å². The summed E-state index contributed by atoms with van der Waals surface area (Å²) in [5.74, 6) is -0.226. The van der Waals surface area contributed by atoms with Crippen LogP contribution in [-0.2, 0) is 14.3 Å². The van der Waals surface area contributed by atoms with Crippen molar-refractivity contribution in [2.45, 2.75) is 110 Å². The molecule has 0 amide bonds. The highest BCUT2D eigenvalue weighted by Gasteiger charge is 2.57. The minimum atomic E-state index is -1.01. The van der Waals surface area contributed by atoms with E-state index in [1.54, 1.807) is 6.92 Å². The van der Waals surface area contributed by atoms with E-state index in [0.717, 1.165) is 12.8 Å². The van der Waals surface area contributed by atoms with E-state index >= 15 is 0 Å². The molecule has 0 aromatic carbocycles. The Morgan fingerprint density at radius 2 is 1.91 bits per heavy atom. The van der Waals surface area contributed by atoms with Crippen LogP contribution in [0.15, 0.2) is 36.5 Å². The molecule has 0 bridgehead atoms. The van der Waals surface area contributed by atoms with E-state index in [4.69, 9.17) is 9.47 Å². The van der Waals surface area contributed by atoms with Crippen molar-refractivity contribution in [3.8, 4) is 0 Å². The molecule has 1 spiro atoms. The molecule has 1 unspecified atom stereocenters. The molecule has 5 heteroatoms. The number of esters is 1. The number of hydrogen-bond donors (Lipinski definition) is 2. The summed E-state index contributed by atoms with van der Waals surface area (Å²) in [6.07, 6.45) is 15.3. The van der Waals surface area contributed by atoms with Crippen LogP contribution in [0.25, 0.3) is 0 Å². The normalized spacial score (nSPS) is 34.7. The predicted molar refractivity (Wildman–Crippen MR) is 133 cm³/mol. The van der Waals surface area contributed by atoms with Gasteiger partial charge in [-0.15, -0.1) is 0 Å². The van der Waals surface area contributed by atoms with Crippen LogP contribution in [0.4, 0.5) is 0 Å². The topological polar surface area (TPSA) is 76.0 Å². The van der Waals surface area contributed by atoms with Crippen LogP contribution in [0, 0.1) is 17.3 Å². The summed E-state index contributed by atoms with van der Waals surface area (Å²) in [5, 5.41) is 20.2. The van der Waals surface area contributed by atoms with E-state index < -0.39 is 22.2 Å². The molecule has 0 aromatic heterocycles. The Morgan fingerprint density at radius 3 is 2.45 bits per heavy atom. The first-order valence-corrected chi connectivity index (χ1v) is 12.5. The van der Waals surface area contributed by atoms with Gasteiger partial charge in [0.1, 0.15) is 5.60 Å². The van der Waals surface area contributed by atoms with Crippen LogP contribution in [-0.4, -0.2) is 45.2 Å². The number of rotatable bonds is 10. The SMILES string of the molecule is CC[C@H](CO)[C@@](C)(O)C/C=C/C(C)(C)OC(=O)C[C@]1(C)C=CC[C@@H](C)[C@@]12C=CC(C)(CC)O2. The lowest BCUT2D eigenvalue weighted by Gasteiger charge is -2.50. The highest BCUT2D eigenvalue weighted by Crippen LogP contribution is 2.54. The maximum atomic E-state index is 13.1. The first-order chi connectivity index (χ1) is 15.2. The Labute approximate surface area is 200 Å². The third-order valence-electron chi connectivity index (χ3n) is 7.92. The number of carbonyl (C=O) groups is 1. The van der Waals surface area contributed by atoms with Gasteiger partial charge < -0.3 is 19.7 Å². The summed E-state index contributed by atoms with van der Waals surface area (Å²) in [5.41, 5.74) is -3.20. The lowest BCUT2D eigenvalue weighted by molar-refractivity contribution is -0.176. The monoisotopic (exact) mass is 462 g/mol. The first-order valence-electron chi connectivity index (χ1n) is 12.5. The Hall–Kier alpha value is -1.43. The lowest BCUT2D eigenvalue weighted by atomic mass is 9.61. The molecule has 0 aromatic rings. The fourth-order valence-corrected chi connectivity index (χ4v) is 5.29. The molecule has 33 heavy (non-hydrogen) atoms. The van der Waals surface area contributed by atoms with Crippen molar-refractivity contribution in [2.24, 2.45) is 17.3 Å². The Balaban J connectivity index is 2.11. The minimum absolute atomic E-state index is 0.0599. The first kappa shape index (κ1) is 27.8. The van der Waals surface area contributed by atoms with Gasteiger partial charge in [0.05, 0.1) is 23.2 Å². The van der Waals surface area contributed by atoms with Gasteiger partial charge in [-0.3, -0.25) is 4.79 Å². The Morgan fingerprint density at radius 1 is 1.24 bits per heavy atom. The molecule has 0 radical (unpaired) electrons. The Kier molecular flexibility index (Phi) is 8.47. The molecular formula is C28H46O5. The average Bonchev–Trinajstić information content (AvgIpc) is 3.06. The molecular weight excluding hydrogens is 416 g/mol. The van der Waals surface area contributed by atoms with Crippen LogP contribution >= 0.6 is 0 Å². The van der Waals surface area contributed by atoms with E-state index in [1.807, 2.05) is 32.9 Å². The summed E-state index contributed by atoms with van der Waals surface area (Å²) in [4.78, 5) is 13.1. The highest BCUT2D eigenvalue weighted by atomic mass is 16.6. The summed E-state index contributed by atoms with van der Waals surface area (Å²) >= 11 is 0. The predicted octanol–water partition coefficient (Wildman–Crippen LogP) is 5.51. The van der Waals surface area contributed by atoms with E-state index in [-0.39, 0.29) is 36.4 Å². The quantitative estimate of drug-likeness (QED) is 0.331. The maximum absolute atomic E-state index is 13.1. The van der Waals surface area contributed by atoms with E-state index in [9.17, 15) is 15.0 Å². The van der Waals surface area contributed by atoms with Gasteiger partial charge >= 0.3 is 5.97 Å². The number of aliphatic hydroxyl groups is 2.